The van der Waals surface area contributed by atoms with Gasteiger partial charge in [0.05, 0.1) is 13.2 Å². The number of benzene rings is 2. The molecule has 1 aliphatic rings. The van der Waals surface area contributed by atoms with Crippen LogP contribution < -0.4 is 27.6 Å². The molecule has 8 N–H and O–H groups in total. The lowest BCUT2D eigenvalue weighted by Gasteiger charge is -2.32. The Hall–Kier alpha value is -3.74. The van der Waals surface area contributed by atoms with Gasteiger partial charge in [0.15, 0.2) is 0 Å². The maximum Gasteiger partial charge on any atom is 0.488 e. The molecule has 3 rings (SSSR count). The molecule has 202 valence electrons. The standard InChI is InChI=1S/C26H33BN4O7/c28-23(32)18-10-19(24(29)33)12-20(11-18)25(34)31-22(15-38-14-17-4-2-1-3-5-17)26(35)30-13-16-6-8-21(9-7-16)27(36)37/h1-9,18-20,22,36-37H,10-15H2,(H2,28,32)(H2,29,33)(H,30,35)(H,31,34)/t18?,19?,20?,22-/m0/s1. The van der Waals surface area contributed by atoms with Crippen LogP contribution in [0, 0.1) is 17.8 Å². The van der Waals surface area contributed by atoms with Gasteiger partial charge in [0.1, 0.15) is 6.04 Å². The van der Waals surface area contributed by atoms with Crippen molar-refractivity contribution in [3.8, 4) is 0 Å². The third kappa shape index (κ3) is 8.40. The minimum Gasteiger partial charge on any atom is -0.423 e. The number of primary amides is 2. The average Bonchev–Trinajstić information content (AvgIpc) is 2.91. The zero-order valence-electron chi connectivity index (χ0n) is 20.9. The van der Waals surface area contributed by atoms with Gasteiger partial charge in [-0.25, -0.2) is 0 Å². The molecule has 3 atom stereocenters. The van der Waals surface area contributed by atoms with Gasteiger partial charge in [-0.05, 0) is 35.9 Å². The van der Waals surface area contributed by atoms with Crippen molar-refractivity contribution in [3.63, 3.8) is 0 Å². The third-order valence-corrected chi connectivity index (χ3v) is 6.66. The van der Waals surface area contributed by atoms with E-state index in [-0.39, 0.29) is 39.0 Å². The van der Waals surface area contributed by atoms with E-state index < -0.39 is 54.5 Å². The SMILES string of the molecule is NC(=O)C1CC(C(N)=O)CC(C(=O)N[C@@H](COCc2ccccc2)C(=O)NCc2ccc(B(O)O)cc2)C1. The van der Waals surface area contributed by atoms with Gasteiger partial charge in [0, 0.05) is 24.3 Å². The van der Waals surface area contributed by atoms with Crippen LogP contribution in [0.15, 0.2) is 54.6 Å². The molecule has 12 heteroatoms. The van der Waals surface area contributed by atoms with E-state index in [1.54, 1.807) is 12.1 Å². The fraction of sp³-hybridized carbons (Fsp3) is 0.385. The van der Waals surface area contributed by atoms with Crippen LogP contribution in [-0.2, 0) is 37.1 Å². The van der Waals surface area contributed by atoms with Crippen molar-refractivity contribution in [1.29, 1.82) is 0 Å². The number of nitrogens with one attached hydrogen (secondary N) is 2. The number of nitrogens with two attached hydrogens (primary N) is 2. The van der Waals surface area contributed by atoms with E-state index in [1.165, 1.54) is 12.1 Å². The summed E-state index contributed by atoms with van der Waals surface area (Å²) in [5.74, 6) is -4.25. The van der Waals surface area contributed by atoms with Crippen LogP contribution in [0.2, 0.25) is 0 Å². The second-order valence-corrected chi connectivity index (χ2v) is 9.50. The topological polar surface area (TPSA) is 194 Å². The summed E-state index contributed by atoms with van der Waals surface area (Å²) in [6.45, 7) is 0.234. The first-order valence-electron chi connectivity index (χ1n) is 12.4. The molecule has 2 aromatic rings. The van der Waals surface area contributed by atoms with Crippen molar-refractivity contribution < 1.29 is 34.0 Å². The molecule has 0 spiro atoms. The Morgan fingerprint density at radius 1 is 0.868 bits per heavy atom. The van der Waals surface area contributed by atoms with Gasteiger partial charge in [-0.3, -0.25) is 19.2 Å². The summed E-state index contributed by atoms with van der Waals surface area (Å²) in [7, 11) is -1.59. The molecule has 38 heavy (non-hydrogen) atoms. The third-order valence-electron chi connectivity index (χ3n) is 6.66. The first kappa shape index (κ1) is 28.8. The summed E-state index contributed by atoms with van der Waals surface area (Å²) in [5.41, 5.74) is 12.8. The van der Waals surface area contributed by atoms with Gasteiger partial charge in [-0.1, -0.05) is 54.6 Å². The van der Waals surface area contributed by atoms with Crippen LogP contribution in [-0.4, -0.2) is 53.4 Å². The summed E-state index contributed by atoms with van der Waals surface area (Å²) < 4.78 is 5.72. The van der Waals surface area contributed by atoms with Crippen molar-refractivity contribution >= 4 is 36.2 Å². The number of hydrogen-bond acceptors (Lipinski definition) is 7. The van der Waals surface area contributed by atoms with Gasteiger partial charge in [-0.2, -0.15) is 0 Å². The smallest absolute Gasteiger partial charge is 0.423 e. The minimum absolute atomic E-state index is 0.118. The molecule has 0 aromatic heterocycles. The summed E-state index contributed by atoms with van der Waals surface area (Å²) >= 11 is 0. The van der Waals surface area contributed by atoms with Crippen molar-refractivity contribution in [2.45, 2.75) is 38.5 Å². The number of carbonyl (C=O) groups excluding carboxylic acids is 4. The minimum atomic E-state index is -1.59. The molecule has 1 aliphatic carbocycles. The van der Waals surface area contributed by atoms with Gasteiger partial charge in [-0.15, -0.1) is 0 Å². The van der Waals surface area contributed by atoms with E-state index in [0.717, 1.165) is 5.56 Å². The van der Waals surface area contributed by atoms with Crippen LogP contribution >= 0.6 is 0 Å². The molecule has 2 unspecified atom stereocenters. The van der Waals surface area contributed by atoms with E-state index in [9.17, 15) is 29.2 Å². The number of rotatable bonds is 12. The Bertz CT molecular complexity index is 1090. The van der Waals surface area contributed by atoms with Crippen LogP contribution in [0.1, 0.15) is 30.4 Å². The van der Waals surface area contributed by atoms with Crippen LogP contribution in [0.5, 0.6) is 0 Å². The lowest BCUT2D eigenvalue weighted by molar-refractivity contribution is -0.136. The highest BCUT2D eigenvalue weighted by atomic mass is 16.5. The van der Waals surface area contributed by atoms with Gasteiger partial charge in [0.25, 0.3) is 0 Å². The second kappa shape index (κ2) is 13.7. The summed E-state index contributed by atoms with van der Waals surface area (Å²) in [4.78, 5) is 49.8. The first-order chi connectivity index (χ1) is 18.1. The number of ether oxygens (including phenoxy) is 1. The summed E-state index contributed by atoms with van der Waals surface area (Å²) in [5, 5.41) is 23.9. The second-order valence-electron chi connectivity index (χ2n) is 9.50. The molecule has 0 heterocycles. The average molecular weight is 524 g/mol. The van der Waals surface area contributed by atoms with Crippen molar-refractivity contribution in [3.05, 3.63) is 65.7 Å². The van der Waals surface area contributed by atoms with Gasteiger partial charge < -0.3 is 36.9 Å². The highest BCUT2D eigenvalue weighted by Crippen LogP contribution is 2.33. The monoisotopic (exact) mass is 524 g/mol. The van der Waals surface area contributed by atoms with E-state index in [1.807, 2.05) is 30.3 Å². The Kier molecular flexibility index (Phi) is 10.4. The first-order valence-corrected chi connectivity index (χ1v) is 12.4. The molecule has 0 saturated heterocycles. The van der Waals surface area contributed by atoms with Gasteiger partial charge >= 0.3 is 7.12 Å². The van der Waals surface area contributed by atoms with Crippen LogP contribution in [0.3, 0.4) is 0 Å². The summed E-state index contributed by atoms with van der Waals surface area (Å²) in [6.07, 6.45) is 0.519. The van der Waals surface area contributed by atoms with Crippen LogP contribution in [0.25, 0.3) is 0 Å². The molecule has 0 radical (unpaired) electrons. The molecule has 2 aromatic carbocycles. The van der Waals surface area contributed by atoms with E-state index in [2.05, 4.69) is 10.6 Å². The van der Waals surface area contributed by atoms with Crippen LogP contribution in [0.4, 0.5) is 0 Å². The van der Waals surface area contributed by atoms with E-state index in [4.69, 9.17) is 16.2 Å². The zero-order chi connectivity index (χ0) is 27.7. The highest BCUT2D eigenvalue weighted by Gasteiger charge is 2.38. The summed E-state index contributed by atoms with van der Waals surface area (Å²) in [6, 6.07) is 14.6. The Labute approximate surface area is 221 Å². The quantitative estimate of drug-likeness (QED) is 0.185. The lowest BCUT2D eigenvalue weighted by atomic mass is 9.74. The molecule has 1 fully saturated rings. The van der Waals surface area contributed by atoms with Crippen molar-refractivity contribution in [1.82, 2.24) is 10.6 Å². The zero-order valence-corrected chi connectivity index (χ0v) is 20.9. The number of amides is 4. The molecule has 1 saturated carbocycles. The predicted molar refractivity (Wildman–Crippen MR) is 139 cm³/mol. The molecule has 0 bridgehead atoms. The fourth-order valence-corrected chi connectivity index (χ4v) is 4.46. The lowest BCUT2D eigenvalue weighted by Crippen LogP contribution is -2.52. The number of hydrogen-bond donors (Lipinski definition) is 6. The molecule has 0 aliphatic heterocycles. The maximum atomic E-state index is 13.2. The molecular weight excluding hydrogens is 491 g/mol. The Morgan fingerprint density at radius 2 is 1.45 bits per heavy atom. The normalized spacial score (nSPS) is 19.7. The fourth-order valence-electron chi connectivity index (χ4n) is 4.46. The Balaban J connectivity index is 1.67. The largest absolute Gasteiger partial charge is 0.488 e. The van der Waals surface area contributed by atoms with Crippen molar-refractivity contribution in [2.75, 3.05) is 6.61 Å². The number of carbonyl (C=O) groups is 4. The molecular formula is C26H33BN4O7. The molecule has 4 amide bonds. The maximum absolute atomic E-state index is 13.2. The van der Waals surface area contributed by atoms with Gasteiger partial charge in [0.2, 0.25) is 23.6 Å². The predicted octanol–water partition coefficient (Wildman–Crippen LogP) is -1.31. The van der Waals surface area contributed by atoms with Crippen molar-refractivity contribution in [2.24, 2.45) is 29.2 Å². The highest BCUT2D eigenvalue weighted by molar-refractivity contribution is 6.58. The molecule has 11 nitrogen and oxygen atoms in total. The van der Waals surface area contributed by atoms with E-state index in [0.29, 0.717) is 11.0 Å². The van der Waals surface area contributed by atoms with E-state index >= 15 is 0 Å². The Morgan fingerprint density at radius 3 is 2.00 bits per heavy atom.